The summed E-state index contributed by atoms with van der Waals surface area (Å²) >= 11 is 13.0. The second-order valence-electron chi connectivity index (χ2n) is 13.6. The van der Waals surface area contributed by atoms with Crippen LogP contribution in [0.2, 0.25) is 10.0 Å². The van der Waals surface area contributed by atoms with Crippen LogP contribution in [0.25, 0.3) is 32.9 Å². The molecule has 6 fully saturated rings. The third kappa shape index (κ3) is 3.80. The minimum Gasteiger partial charge on any atom is -0.337 e. The van der Waals surface area contributed by atoms with E-state index in [-0.39, 0.29) is 29.4 Å². The third-order valence-corrected chi connectivity index (χ3v) is 11.9. The molecule has 6 nitrogen and oxygen atoms in total. The quantitative estimate of drug-likeness (QED) is 0.238. The number of fused-ring (bicyclic) bond motifs is 5. The molecule has 4 aromatic rings. The molecule has 0 spiro atoms. The van der Waals surface area contributed by atoms with E-state index in [1.54, 1.807) is 18.2 Å². The lowest BCUT2D eigenvalue weighted by Gasteiger charge is -2.40. The number of nitrogens with one attached hydrogen (secondary N) is 1. The summed E-state index contributed by atoms with van der Waals surface area (Å²) in [6, 6.07) is 12.7. The van der Waals surface area contributed by atoms with Gasteiger partial charge in [-0.15, -0.1) is 0 Å². The molecular formula is C35H32Cl2FN5O. The van der Waals surface area contributed by atoms with E-state index in [4.69, 9.17) is 28.2 Å². The fourth-order valence-corrected chi connectivity index (χ4v) is 9.07. The number of hydrogen-bond acceptors (Lipinski definition) is 4. The molecule has 1 amide bonds. The standard InChI is InChI=1S/C35H32Cl2FN5O/c1-16-22-14-28(27-13-19-12-26(19)42(27)35(44)17-7-8-17)43(33-20-11-25(33)40-15-20)34(22)23-10-18(4-3-9-39)29(31(38)32(23)41-16)21-5-2-6-24(36)30(21)37/h2,5-6,10,14,17,19-20,25-27,33,40H,3-4,7-8,11-13,15H2,1H3. The number of piperidine rings is 1. The van der Waals surface area contributed by atoms with E-state index in [0.29, 0.717) is 63.5 Å². The second kappa shape index (κ2) is 9.66. The van der Waals surface area contributed by atoms with Gasteiger partial charge in [-0.05, 0) is 81.0 Å². The van der Waals surface area contributed by atoms with Gasteiger partial charge in [-0.1, -0.05) is 35.3 Å². The van der Waals surface area contributed by atoms with E-state index in [9.17, 15) is 10.1 Å². The highest BCUT2D eigenvalue weighted by Crippen LogP contribution is 2.57. The van der Waals surface area contributed by atoms with Crippen molar-refractivity contribution in [1.29, 1.82) is 5.26 Å². The molecule has 1 N–H and O–H groups in total. The zero-order chi connectivity index (χ0) is 30.0. The van der Waals surface area contributed by atoms with Crippen molar-refractivity contribution in [3.05, 3.63) is 63.1 Å². The first kappa shape index (κ1) is 27.2. The van der Waals surface area contributed by atoms with Crippen LogP contribution in [0.3, 0.4) is 0 Å². The van der Waals surface area contributed by atoms with Crippen LogP contribution in [0.4, 0.5) is 4.39 Å². The van der Waals surface area contributed by atoms with Crippen molar-refractivity contribution < 1.29 is 9.18 Å². The summed E-state index contributed by atoms with van der Waals surface area (Å²) in [5.74, 6) is 1.12. The number of nitrogens with zero attached hydrogens (tertiary/aromatic N) is 4. The number of halogens is 3. The molecule has 6 aliphatic rings. The van der Waals surface area contributed by atoms with Crippen molar-refractivity contribution in [3.63, 3.8) is 0 Å². The fraction of sp³-hybridized carbons (Fsp3) is 0.457. The molecule has 9 heteroatoms. The van der Waals surface area contributed by atoms with Gasteiger partial charge in [-0.25, -0.2) is 9.37 Å². The summed E-state index contributed by atoms with van der Waals surface area (Å²) in [7, 11) is 0. The summed E-state index contributed by atoms with van der Waals surface area (Å²) < 4.78 is 19.4. The topological polar surface area (TPSA) is 74.0 Å². The Labute approximate surface area is 265 Å². The molecule has 3 saturated heterocycles. The zero-order valence-corrected chi connectivity index (χ0v) is 25.9. The Morgan fingerprint density at radius 2 is 2.00 bits per heavy atom. The summed E-state index contributed by atoms with van der Waals surface area (Å²) in [4.78, 5) is 20.8. The molecule has 3 aliphatic heterocycles. The highest BCUT2D eigenvalue weighted by atomic mass is 35.5. The average Bonchev–Trinajstić information content (AvgIpc) is 3.78. The van der Waals surface area contributed by atoms with Crippen LogP contribution < -0.4 is 5.32 Å². The van der Waals surface area contributed by atoms with Gasteiger partial charge in [-0.3, -0.25) is 4.79 Å². The second-order valence-corrected chi connectivity index (χ2v) is 14.4. The van der Waals surface area contributed by atoms with Gasteiger partial charge in [0.05, 0.1) is 33.7 Å². The molecule has 2 bridgehead atoms. The lowest BCUT2D eigenvalue weighted by atomic mass is 9.79. The molecule has 0 radical (unpaired) electrons. The van der Waals surface area contributed by atoms with E-state index < -0.39 is 5.82 Å². The highest BCUT2D eigenvalue weighted by Gasteiger charge is 2.58. The third-order valence-electron chi connectivity index (χ3n) is 11.1. The first-order valence-corrected chi connectivity index (χ1v) is 16.6. The van der Waals surface area contributed by atoms with Gasteiger partial charge in [-0.2, -0.15) is 5.26 Å². The number of nitriles is 1. The number of pyridine rings is 1. The Hall–Kier alpha value is -3.18. The van der Waals surface area contributed by atoms with Crippen LogP contribution in [0, 0.1) is 41.8 Å². The van der Waals surface area contributed by atoms with Gasteiger partial charge in [0, 0.05) is 64.3 Å². The lowest BCUT2D eigenvalue weighted by molar-refractivity contribution is -0.134. The Morgan fingerprint density at radius 3 is 2.73 bits per heavy atom. The van der Waals surface area contributed by atoms with Crippen LogP contribution in [0.5, 0.6) is 0 Å². The Balaban J connectivity index is 1.32. The van der Waals surface area contributed by atoms with Crippen LogP contribution in [-0.4, -0.2) is 39.0 Å². The first-order valence-electron chi connectivity index (χ1n) is 15.9. The summed E-state index contributed by atoms with van der Waals surface area (Å²) in [6.45, 7) is 2.92. The van der Waals surface area contributed by atoms with Crippen LogP contribution in [0.15, 0.2) is 30.3 Å². The maximum absolute atomic E-state index is 17.0. The van der Waals surface area contributed by atoms with Gasteiger partial charge in [0.25, 0.3) is 0 Å². The smallest absolute Gasteiger partial charge is 0.226 e. The van der Waals surface area contributed by atoms with Gasteiger partial charge in [0.1, 0.15) is 5.52 Å². The molecule has 3 aliphatic carbocycles. The molecule has 10 rings (SSSR count). The van der Waals surface area contributed by atoms with Crippen molar-refractivity contribution in [3.8, 4) is 17.2 Å². The Morgan fingerprint density at radius 1 is 1.16 bits per heavy atom. The molecular weight excluding hydrogens is 596 g/mol. The van der Waals surface area contributed by atoms with Gasteiger partial charge in [0.2, 0.25) is 5.91 Å². The molecule has 3 saturated carbocycles. The van der Waals surface area contributed by atoms with E-state index >= 15 is 4.39 Å². The zero-order valence-electron chi connectivity index (χ0n) is 24.4. The van der Waals surface area contributed by atoms with Crippen LogP contribution >= 0.6 is 23.2 Å². The number of likely N-dealkylation sites (tertiary alicyclic amines) is 1. The molecule has 2 aromatic carbocycles. The number of rotatable bonds is 6. The van der Waals surface area contributed by atoms with Gasteiger partial charge < -0.3 is 14.8 Å². The van der Waals surface area contributed by atoms with Crippen LogP contribution in [0.1, 0.15) is 67.6 Å². The maximum Gasteiger partial charge on any atom is 0.226 e. The fourth-order valence-electron chi connectivity index (χ4n) is 8.68. The van der Waals surface area contributed by atoms with Crippen molar-refractivity contribution in [2.24, 2.45) is 17.8 Å². The number of aromatic nitrogens is 2. The Kier molecular flexibility index (Phi) is 5.96. The maximum atomic E-state index is 17.0. The number of hydrogen-bond donors (Lipinski definition) is 1. The first-order chi connectivity index (χ1) is 21.4. The predicted molar refractivity (Wildman–Crippen MR) is 169 cm³/mol. The average molecular weight is 629 g/mol. The largest absolute Gasteiger partial charge is 0.337 e. The predicted octanol–water partition coefficient (Wildman–Crippen LogP) is 7.67. The van der Waals surface area contributed by atoms with Gasteiger partial charge >= 0.3 is 0 Å². The normalized spacial score (nSPS) is 28.4. The number of aryl methyl sites for hydroxylation is 2. The van der Waals surface area contributed by atoms with E-state index in [0.717, 1.165) is 60.6 Å². The molecule has 2 aromatic heterocycles. The Bertz CT molecular complexity index is 1950. The minimum atomic E-state index is -0.443. The molecule has 5 heterocycles. The van der Waals surface area contributed by atoms with E-state index in [1.807, 2.05) is 13.0 Å². The summed E-state index contributed by atoms with van der Waals surface area (Å²) in [5, 5.41) is 15.6. The molecule has 6 atom stereocenters. The molecule has 6 unspecified atom stereocenters. The molecule has 224 valence electrons. The van der Waals surface area contributed by atoms with Crippen molar-refractivity contribution >= 4 is 50.9 Å². The lowest BCUT2D eigenvalue weighted by Crippen LogP contribution is -2.41. The highest BCUT2D eigenvalue weighted by molar-refractivity contribution is 6.43. The SMILES string of the molecule is Cc1nc2c(F)c(-c3cccc(Cl)c3Cl)c(CCC#N)cc2c2c1cc(C1CC3CC3N1C(=O)C1CC1)n2C1C2CNC1C2. The van der Waals surface area contributed by atoms with Crippen molar-refractivity contribution in [2.75, 3.05) is 6.54 Å². The van der Waals surface area contributed by atoms with E-state index in [2.05, 4.69) is 26.9 Å². The minimum absolute atomic E-state index is 0.0288. The van der Waals surface area contributed by atoms with Crippen molar-refractivity contribution in [1.82, 2.24) is 19.8 Å². The summed E-state index contributed by atoms with van der Waals surface area (Å²) in [6.07, 6.45) is 5.83. The van der Waals surface area contributed by atoms with Crippen molar-refractivity contribution in [2.45, 2.75) is 76.0 Å². The van der Waals surface area contributed by atoms with Crippen LogP contribution in [-0.2, 0) is 11.2 Å². The monoisotopic (exact) mass is 627 g/mol. The van der Waals surface area contributed by atoms with Gasteiger partial charge in [0.15, 0.2) is 5.82 Å². The number of amides is 1. The number of benzene rings is 2. The number of carbonyl (C=O) groups excluding carboxylic acids is 1. The summed E-state index contributed by atoms with van der Waals surface area (Å²) in [5.41, 5.74) is 4.79. The van der Waals surface area contributed by atoms with E-state index in [1.165, 1.54) is 5.69 Å². The molecule has 44 heavy (non-hydrogen) atoms. The number of carbonyl (C=O) groups is 1.